The van der Waals surface area contributed by atoms with Gasteiger partial charge in [0.1, 0.15) is 0 Å². The lowest BCUT2D eigenvalue weighted by Gasteiger charge is -2.13. The standard InChI is InChI=1S/C19H23F3N4O2S/c1-27-15-7-6-13(10-16(15)28-2)24-18(29)23-8-3-9-26-14(12-4-5-12)11-17(25-26)19(20,21)22/h6-7,10-12H,3-5,8-9H2,1-2H3,(H2,23,24,29). The Morgan fingerprint density at radius 3 is 2.55 bits per heavy atom. The van der Waals surface area contributed by atoms with E-state index in [2.05, 4.69) is 15.7 Å². The first-order valence-electron chi connectivity index (χ1n) is 9.23. The fraction of sp³-hybridized carbons (Fsp3) is 0.474. The van der Waals surface area contributed by atoms with Gasteiger partial charge in [-0.25, -0.2) is 0 Å². The first-order chi connectivity index (χ1) is 13.8. The fourth-order valence-corrected chi connectivity index (χ4v) is 3.20. The minimum atomic E-state index is -4.42. The average Bonchev–Trinajstić information content (AvgIpc) is 3.43. The monoisotopic (exact) mass is 428 g/mol. The van der Waals surface area contributed by atoms with Crippen LogP contribution in [0.1, 0.15) is 36.6 Å². The van der Waals surface area contributed by atoms with Gasteiger partial charge < -0.3 is 20.1 Å². The molecule has 2 N–H and O–H groups in total. The van der Waals surface area contributed by atoms with Crippen molar-refractivity contribution in [1.82, 2.24) is 15.1 Å². The van der Waals surface area contributed by atoms with Gasteiger partial charge in [0.15, 0.2) is 22.3 Å². The van der Waals surface area contributed by atoms with E-state index in [4.69, 9.17) is 21.7 Å². The zero-order valence-electron chi connectivity index (χ0n) is 16.2. The minimum absolute atomic E-state index is 0.194. The smallest absolute Gasteiger partial charge is 0.435 e. The van der Waals surface area contributed by atoms with E-state index in [1.54, 1.807) is 32.4 Å². The number of thiocarbonyl (C=S) groups is 1. The van der Waals surface area contributed by atoms with Crippen molar-refractivity contribution in [2.45, 2.75) is 37.9 Å². The van der Waals surface area contributed by atoms with Crippen LogP contribution in [0.15, 0.2) is 24.3 Å². The molecular weight excluding hydrogens is 405 g/mol. The summed E-state index contributed by atoms with van der Waals surface area (Å²) >= 11 is 5.27. The van der Waals surface area contributed by atoms with Gasteiger partial charge in [-0.15, -0.1) is 0 Å². The second-order valence-electron chi connectivity index (χ2n) is 6.75. The number of halogens is 3. The number of anilines is 1. The van der Waals surface area contributed by atoms with E-state index in [0.29, 0.717) is 41.8 Å². The SMILES string of the molecule is COc1ccc(NC(=S)NCCCn2nc(C(F)(F)F)cc2C2CC2)cc1OC. The Morgan fingerprint density at radius 2 is 1.93 bits per heavy atom. The van der Waals surface area contributed by atoms with Crippen LogP contribution in [0.4, 0.5) is 18.9 Å². The molecule has 0 amide bonds. The van der Waals surface area contributed by atoms with Gasteiger partial charge in [-0.05, 0) is 49.7 Å². The number of nitrogens with one attached hydrogen (secondary N) is 2. The van der Waals surface area contributed by atoms with Crippen LogP contribution in [0.3, 0.4) is 0 Å². The molecular formula is C19H23F3N4O2S. The highest BCUT2D eigenvalue weighted by Gasteiger charge is 2.37. The number of rotatable bonds is 8. The van der Waals surface area contributed by atoms with Gasteiger partial charge in [-0.3, -0.25) is 4.68 Å². The van der Waals surface area contributed by atoms with Crippen molar-refractivity contribution in [1.29, 1.82) is 0 Å². The molecule has 0 saturated heterocycles. The van der Waals surface area contributed by atoms with E-state index < -0.39 is 11.9 Å². The van der Waals surface area contributed by atoms with Gasteiger partial charge in [0, 0.05) is 36.5 Å². The van der Waals surface area contributed by atoms with E-state index in [1.807, 2.05) is 0 Å². The van der Waals surface area contributed by atoms with Crippen LogP contribution in [0.2, 0.25) is 0 Å². The van der Waals surface area contributed by atoms with Crippen LogP contribution < -0.4 is 20.1 Å². The predicted molar refractivity (Wildman–Crippen MR) is 108 cm³/mol. The fourth-order valence-electron chi connectivity index (χ4n) is 2.98. The van der Waals surface area contributed by atoms with Gasteiger partial charge in [-0.1, -0.05) is 0 Å². The van der Waals surface area contributed by atoms with Crippen molar-refractivity contribution in [3.63, 3.8) is 0 Å². The first kappa shape index (κ1) is 21.2. The molecule has 10 heteroatoms. The topological polar surface area (TPSA) is 60.3 Å². The summed E-state index contributed by atoms with van der Waals surface area (Å²) in [7, 11) is 3.11. The van der Waals surface area contributed by atoms with Gasteiger partial charge in [-0.2, -0.15) is 18.3 Å². The predicted octanol–water partition coefficient (Wildman–Crippen LogP) is 4.17. The molecule has 0 bridgehead atoms. The van der Waals surface area contributed by atoms with Crippen molar-refractivity contribution < 1.29 is 22.6 Å². The van der Waals surface area contributed by atoms with E-state index in [-0.39, 0.29) is 5.92 Å². The third-order valence-electron chi connectivity index (χ3n) is 4.57. The van der Waals surface area contributed by atoms with Crippen LogP contribution in [-0.2, 0) is 12.7 Å². The third kappa shape index (κ3) is 5.53. The summed E-state index contributed by atoms with van der Waals surface area (Å²) in [6.45, 7) is 0.901. The van der Waals surface area contributed by atoms with Crippen molar-refractivity contribution in [2.75, 3.05) is 26.1 Å². The molecule has 0 spiro atoms. The molecule has 0 aliphatic heterocycles. The van der Waals surface area contributed by atoms with E-state index >= 15 is 0 Å². The molecule has 6 nitrogen and oxygen atoms in total. The third-order valence-corrected chi connectivity index (χ3v) is 4.82. The molecule has 1 aromatic carbocycles. The van der Waals surface area contributed by atoms with E-state index in [9.17, 15) is 13.2 Å². The van der Waals surface area contributed by atoms with Gasteiger partial charge in [0.2, 0.25) is 0 Å². The molecule has 2 aromatic rings. The van der Waals surface area contributed by atoms with Crippen molar-refractivity contribution >= 4 is 23.0 Å². The lowest BCUT2D eigenvalue weighted by molar-refractivity contribution is -0.141. The molecule has 1 aromatic heterocycles. The molecule has 158 valence electrons. The molecule has 0 unspecified atom stereocenters. The summed E-state index contributed by atoms with van der Waals surface area (Å²) < 4.78 is 50.7. The second kappa shape index (κ2) is 8.89. The number of nitrogens with zero attached hydrogens (tertiary/aromatic N) is 2. The normalized spacial score (nSPS) is 13.8. The Labute approximate surface area is 172 Å². The number of alkyl halides is 3. The Balaban J connectivity index is 1.49. The second-order valence-corrected chi connectivity index (χ2v) is 7.16. The Hall–Kier alpha value is -2.49. The molecule has 29 heavy (non-hydrogen) atoms. The van der Waals surface area contributed by atoms with Gasteiger partial charge in [0.05, 0.1) is 14.2 Å². The first-order valence-corrected chi connectivity index (χ1v) is 9.64. The summed E-state index contributed by atoms with van der Waals surface area (Å²) in [5.74, 6) is 1.38. The zero-order chi connectivity index (χ0) is 21.0. The number of hydrogen-bond donors (Lipinski definition) is 2. The number of benzene rings is 1. The molecule has 3 rings (SSSR count). The maximum absolute atomic E-state index is 12.9. The number of aryl methyl sites for hydroxylation is 1. The molecule has 0 radical (unpaired) electrons. The maximum Gasteiger partial charge on any atom is 0.435 e. The Morgan fingerprint density at radius 1 is 1.21 bits per heavy atom. The Kier molecular flexibility index (Phi) is 6.51. The quantitative estimate of drug-likeness (QED) is 0.486. The van der Waals surface area contributed by atoms with Crippen LogP contribution in [-0.4, -0.2) is 35.7 Å². The molecule has 0 atom stereocenters. The summed E-state index contributed by atoms with van der Waals surface area (Å²) in [4.78, 5) is 0. The summed E-state index contributed by atoms with van der Waals surface area (Å²) in [5, 5.41) is 10.3. The van der Waals surface area contributed by atoms with Crippen molar-refractivity contribution in [2.24, 2.45) is 0 Å². The molecule has 1 aliphatic carbocycles. The highest BCUT2D eigenvalue weighted by molar-refractivity contribution is 7.80. The largest absolute Gasteiger partial charge is 0.493 e. The van der Waals surface area contributed by atoms with Crippen LogP contribution >= 0.6 is 12.2 Å². The molecule has 1 aliphatic rings. The number of ether oxygens (including phenoxy) is 2. The number of hydrogen-bond acceptors (Lipinski definition) is 4. The lowest BCUT2D eigenvalue weighted by atomic mass is 10.2. The summed E-state index contributed by atoms with van der Waals surface area (Å²) in [6.07, 6.45) is -1.99. The molecule has 1 fully saturated rings. The van der Waals surface area contributed by atoms with Crippen LogP contribution in [0.25, 0.3) is 0 Å². The highest BCUT2D eigenvalue weighted by atomic mass is 32.1. The molecule has 1 heterocycles. The highest BCUT2D eigenvalue weighted by Crippen LogP contribution is 2.42. The van der Waals surface area contributed by atoms with Crippen molar-refractivity contribution in [3.8, 4) is 11.5 Å². The van der Waals surface area contributed by atoms with Gasteiger partial charge >= 0.3 is 6.18 Å². The summed E-state index contributed by atoms with van der Waals surface area (Å²) in [5.41, 5.74) is 0.583. The lowest BCUT2D eigenvalue weighted by Crippen LogP contribution is -2.30. The Bertz CT molecular complexity index is 866. The number of aromatic nitrogens is 2. The number of methoxy groups -OCH3 is 2. The zero-order valence-corrected chi connectivity index (χ0v) is 17.0. The molecule has 1 saturated carbocycles. The van der Waals surface area contributed by atoms with Crippen molar-refractivity contribution in [3.05, 3.63) is 35.7 Å². The van der Waals surface area contributed by atoms with E-state index in [1.165, 1.54) is 10.7 Å². The van der Waals surface area contributed by atoms with Gasteiger partial charge in [0.25, 0.3) is 0 Å². The van der Waals surface area contributed by atoms with Crippen LogP contribution in [0.5, 0.6) is 11.5 Å². The van der Waals surface area contributed by atoms with E-state index in [0.717, 1.165) is 18.5 Å². The summed E-state index contributed by atoms with van der Waals surface area (Å²) in [6, 6.07) is 6.50. The minimum Gasteiger partial charge on any atom is -0.493 e. The maximum atomic E-state index is 12.9. The average molecular weight is 428 g/mol. The van der Waals surface area contributed by atoms with Crippen LogP contribution in [0, 0.1) is 0 Å².